The van der Waals surface area contributed by atoms with E-state index in [2.05, 4.69) is 10.3 Å². The number of carbonyl (C=O) groups is 2. The number of allylic oxidation sites excluding steroid dienone is 2. The Hall–Kier alpha value is -2.99. The van der Waals surface area contributed by atoms with Crippen LogP contribution in [-0.2, 0) is 9.59 Å². The van der Waals surface area contributed by atoms with Crippen LogP contribution in [0.4, 0.5) is 5.69 Å². The molecule has 1 aliphatic carbocycles. The molecule has 3 aromatic rings. The van der Waals surface area contributed by atoms with Crippen molar-refractivity contribution in [3.63, 3.8) is 0 Å². The largest absolute Gasteiger partial charge is 0.481 e. The van der Waals surface area contributed by atoms with Gasteiger partial charge in [0, 0.05) is 11.3 Å². The number of aliphatic carboxylic acids is 1. The molecule has 0 saturated carbocycles. The van der Waals surface area contributed by atoms with E-state index in [1.54, 1.807) is 11.3 Å². The van der Waals surface area contributed by atoms with Gasteiger partial charge in [-0.3, -0.25) is 9.59 Å². The van der Waals surface area contributed by atoms with Gasteiger partial charge in [0.05, 0.1) is 22.1 Å². The zero-order valence-corrected chi connectivity index (χ0v) is 15.3. The second-order valence-electron chi connectivity index (χ2n) is 6.55. The monoisotopic (exact) mass is 378 g/mol. The Morgan fingerprint density at radius 1 is 1.00 bits per heavy atom. The second kappa shape index (κ2) is 7.32. The molecule has 2 N–H and O–H groups in total. The summed E-state index contributed by atoms with van der Waals surface area (Å²) in [5.74, 6) is -2.39. The molecule has 0 saturated heterocycles. The summed E-state index contributed by atoms with van der Waals surface area (Å²) in [5.41, 5.74) is 2.61. The number of carboxylic acids is 1. The minimum Gasteiger partial charge on any atom is -0.481 e. The first-order valence-corrected chi connectivity index (χ1v) is 9.58. The van der Waals surface area contributed by atoms with E-state index < -0.39 is 17.8 Å². The summed E-state index contributed by atoms with van der Waals surface area (Å²) in [6, 6.07) is 15.5. The molecule has 1 amide bonds. The fourth-order valence-corrected chi connectivity index (χ4v) is 4.27. The average molecular weight is 378 g/mol. The first kappa shape index (κ1) is 17.4. The van der Waals surface area contributed by atoms with E-state index >= 15 is 0 Å². The summed E-state index contributed by atoms with van der Waals surface area (Å²) in [7, 11) is 0. The lowest BCUT2D eigenvalue weighted by Gasteiger charge is -2.24. The summed E-state index contributed by atoms with van der Waals surface area (Å²) < 4.78 is 1.13. The molecule has 0 fully saturated rings. The highest BCUT2D eigenvalue weighted by Gasteiger charge is 2.33. The van der Waals surface area contributed by atoms with Gasteiger partial charge in [0.2, 0.25) is 5.91 Å². The third kappa shape index (κ3) is 3.61. The molecule has 0 bridgehead atoms. The third-order valence-corrected chi connectivity index (χ3v) is 5.87. The Balaban J connectivity index is 1.49. The van der Waals surface area contributed by atoms with Gasteiger partial charge in [0.25, 0.3) is 0 Å². The second-order valence-corrected chi connectivity index (χ2v) is 7.58. The van der Waals surface area contributed by atoms with Crippen LogP contribution in [0.3, 0.4) is 0 Å². The zero-order chi connectivity index (χ0) is 18.8. The number of nitrogens with one attached hydrogen (secondary N) is 1. The van der Waals surface area contributed by atoms with Gasteiger partial charge in [-0.15, -0.1) is 11.3 Å². The molecule has 1 heterocycles. The molecule has 0 unspecified atom stereocenters. The summed E-state index contributed by atoms with van der Waals surface area (Å²) in [5, 5.41) is 13.1. The normalized spacial score (nSPS) is 19.1. The molecule has 4 rings (SSSR count). The number of carbonyl (C=O) groups excluding carboxylic acids is 1. The number of anilines is 1. The Bertz CT molecular complexity index is 990. The Labute approximate surface area is 160 Å². The molecule has 1 aliphatic rings. The van der Waals surface area contributed by atoms with Crippen LogP contribution in [0.25, 0.3) is 20.8 Å². The summed E-state index contributed by atoms with van der Waals surface area (Å²) in [6.07, 6.45) is 4.55. The van der Waals surface area contributed by atoms with Crippen molar-refractivity contribution in [3.05, 3.63) is 60.7 Å². The highest BCUT2D eigenvalue weighted by Crippen LogP contribution is 2.31. The molecule has 2 atom stereocenters. The van der Waals surface area contributed by atoms with Gasteiger partial charge in [0.1, 0.15) is 5.01 Å². The smallest absolute Gasteiger partial charge is 0.307 e. The van der Waals surface area contributed by atoms with Crippen LogP contribution in [-0.4, -0.2) is 22.0 Å². The lowest BCUT2D eigenvalue weighted by molar-refractivity contribution is -0.146. The molecule has 136 valence electrons. The molecule has 0 spiro atoms. The molecule has 0 radical (unpaired) electrons. The van der Waals surface area contributed by atoms with E-state index in [0.29, 0.717) is 18.5 Å². The Morgan fingerprint density at radius 3 is 2.41 bits per heavy atom. The van der Waals surface area contributed by atoms with Crippen molar-refractivity contribution < 1.29 is 14.7 Å². The van der Waals surface area contributed by atoms with E-state index in [0.717, 1.165) is 20.8 Å². The Kier molecular flexibility index (Phi) is 4.73. The standard InChI is InChI=1S/C21H18N2O3S/c24-19(15-5-1-2-6-16(15)21(25)26)22-14-11-9-13(10-12-14)20-23-17-7-3-4-8-18(17)27-20/h1-4,7-12,15-16H,5-6H2,(H,22,24)(H,25,26)/t15-,16+/m1/s1. The van der Waals surface area contributed by atoms with Crippen LogP contribution in [0, 0.1) is 11.8 Å². The van der Waals surface area contributed by atoms with Crippen LogP contribution < -0.4 is 5.32 Å². The van der Waals surface area contributed by atoms with Gasteiger partial charge in [-0.2, -0.15) is 0 Å². The maximum atomic E-state index is 12.5. The van der Waals surface area contributed by atoms with E-state index in [9.17, 15) is 14.7 Å². The SMILES string of the molecule is O=C(O)[C@H]1CC=CC[C@H]1C(=O)Nc1ccc(-c2nc3ccccc3s2)cc1. The molecule has 6 heteroatoms. The molecule has 5 nitrogen and oxygen atoms in total. The molecule has 1 aromatic heterocycles. The summed E-state index contributed by atoms with van der Waals surface area (Å²) in [4.78, 5) is 28.5. The summed E-state index contributed by atoms with van der Waals surface area (Å²) in [6.45, 7) is 0. The van der Waals surface area contributed by atoms with Crippen LogP contribution in [0.2, 0.25) is 0 Å². The van der Waals surface area contributed by atoms with Crippen molar-refractivity contribution in [2.45, 2.75) is 12.8 Å². The maximum absolute atomic E-state index is 12.5. The number of thiazole rings is 1. The molecule has 27 heavy (non-hydrogen) atoms. The minimum absolute atomic E-state index is 0.250. The quantitative estimate of drug-likeness (QED) is 0.652. The van der Waals surface area contributed by atoms with Crippen LogP contribution in [0.5, 0.6) is 0 Å². The van der Waals surface area contributed by atoms with Gasteiger partial charge in [-0.25, -0.2) is 4.98 Å². The molecular formula is C21H18N2O3S. The van der Waals surface area contributed by atoms with Crippen LogP contribution in [0.1, 0.15) is 12.8 Å². The lowest BCUT2D eigenvalue weighted by Crippen LogP contribution is -2.34. The number of benzene rings is 2. The van der Waals surface area contributed by atoms with Gasteiger partial charge < -0.3 is 10.4 Å². The number of amides is 1. The molecule has 0 aliphatic heterocycles. The van der Waals surface area contributed by atoms with Crippen molar-refractivity contribution in [2.75, 3.05) is 5.32 Å². The number of nitrogens with zero attached hydrogens (tertiary/aromatic N) is 1. The van der Waals surface area contributed by atoms with Gasteiger partial charge in [-0.1, -0.05) is 24.3 Å². The highest BCUT2D eigenvalue weighted by molar-refractivity contribution is 7.21. The van der Waals surface area contributed by atoms with Gasteiger partial charge in [-0.05, 0) is 49.2 Å². The maximum Gasteiger partial charge on any atom is 0.307 e. The van der Waals surface area contributed by atoms with Gasteiger partial charge in [0.15, 0.2) is 0 Å². The van der Waals surface area contributed by atoms with Crippen molar-refractivity contribution in [1.29, 1.82) is 0 Å². The number of para-hydroxylation sites is 1. The highest BCUT2D eigenvalue weighted by atomic mass is 32.1. The van der Waals surface area contributed by atoms with E-state index in [4.69, 9.17) is 0 Å². The predicted octanol–water partition coefficient (Wildman–Crippen LogP) is 4.57. The number of aromatic nitrogens is 1. The van der Waals surface area contributed by atoms with E-state index in [1.807, 2.05) is 60.7 Å². The van der Waals surface area contributed by atoms with Crippen LogP contribution in [0.15, 0.2) is 60.7 Å². The number of carboxylic acid groups (broad SMARTS) is 1. The van der Waals surface area contributed by atoms with Crippen molar-refractivity contribution in [3.8, 4) is 10.6 Å². The van der Waals surface area contributed by atoms with Crippen molar-refractivity contribution in [1.82, 2.24) is 4.98 Å². The molecule has 2 aromatic carbocycles. The van der Waals surface area contributed by atoms with Crippen LogP contribution >= 0.6 is 11.3 Å². The third-order valence-electron chi connectivity index (χ3n) is 4.78. The Morgan fingerprint density at radius 2 is 1.70 bits per heavy atom. The predicted molar refractivity (Wildman–Crippen MR) is 107 cm³/mol. The number of fused-ring (bicyclic) bond motifs is 1. The van der Waals surface area contributed by atoms with Crippen molar-refractivity contribution >= 4 is 39.1 Å². The van der Waals surface area contributed by atoms with E-state index in [-0.39, 0.29) is 5.91 Å². The number of rotatable bonds is 4. The topological polar surface area (TPSA) is 79.3 Å². The zero-order valence-electron chi connectivity index (χ0n) is 14.5. The van der Waals surface area contributed by atoms with Crippen molar-refractivity contribution in [2.24, 2.45) is 11.8 Å². The average Bonchev–Trinajstić information content (AvgIpc) is 3.12. The fourth-order valence-electron chi connectivity index (χ4n) is 3.30. The number of hydrogen-bond donors (Lipinski definition) is 2. The van der Waals surface area contributed by atoms with E-state index in [1.165, 1.54) is 0 Å². The first-order chi connectivity index (χ1) is 13.1. The fraction of sp³-hybridized carbons (Fsp3) is 0.190. The number of hydrogen-bond acceptors (Lipinski definition) is 4. The molecular weight excluding hydrogens is 360 g/mol. The minimum atomic E-state index is -0.925. The summed E-state index contributed by atoms with van der Waals surface area (Å²) >= 11 is 1.63. The van der Waals surface area contributed by atoms with Gasteiger partial charge >= 0.3 is 5.97 Å². The first-order valence-electron chi connectivity index (χ1n) is 8.76. The lowest BCUT2D eigenvalue weighted by atomic mass is 9.82.